The maximum absolute atomic E-state index is 14.3. The molecule has 3 heteroatoms. The monoisotopic (exact) mass is 624 g/mol. The molecule has 234 valence electrons. The molecule has 2 aliphatic rings. The molecule has 0 amide bonds. The van der Waals surface area contributed by atoms with Crippen molar-refractivity contribution in [2.75, 3.05) is 0 Å². The molecule has 0 radical (unpaired) electrons. The molecule has 0 N–H and O–H groups in total. The predicted molar refractivity (Wildman–Crippen MR) is 194 cm³/mol. The third-order valence-corrected chi connectivity index (χ3v) is 13.9. The maximum atomic E-state index is 14.3. The Labute approximate surface area is 275 Å². The van der Waals surface area contributed by atoms with E-state index < -0.39 is 15.3 Å². The maximum Gasteiger partial charge on any atom is 0.200 e. The third-order valence-electron chi connectivity index (χ3n) is 12.4. The minimum atomic E-state index is -3.72. The van der Waals surface area contributed by atoms with E-state index >= 15 is 0 Å². The summed E-state index contributed by atoms with van der Waals surface area (Å²) >= 11 is 0. The lowest BCUT2D eigenvalue weighted by Gasteiger charge is -2.42. The molecule has 0 fully saturated rings. The zero-order valence-electron chi connectivity index (χ0n) is 29.3. The molecule has 7 rings (SSSR count). The molecular weight excluding hydrogens is 581 g/mol. The highest BCUT2D eigenvalue weighted by Crippen LogP contribution is 2.61. The molecule has 2 nitrogen and oxygen atoms in total. The van der Waals surface area contributed by atoms with E-state index in [-0.39, 0.29) is 0 Å². The Balaban J connectivity index is 1.92. The van der Waals surface area contributed by atoms with E-state index in [1.807, 2.05) is 24.3 Å². The van der Waals surface area contributed by atoms with Gasteiger partial charge in [-0.15, -0.1) is 0 Å². The van der Waals surface area contributed by atoms with Crippen LogP contribution in [0.25, 0.3) is 33.0 Å². The van der Waals surface area contributed by atoms with E-state index in [0.717, 1.165) is 16.3 Å². The first kappa shape index (κ1) is 30.7. The van der Waals surface area contributed by atoms with Crippen molar-refractivity contribution < 1.29 is 8.42 Å². The van der Waals surface area contributed by atoms with Gasteiger partial charge in [-0.2, -0.15) is 0 Å². The molecule has 0 bridgehead atoms. The van der Waals surface area contributed by atoms with Gasteiger partial charge in [-0.05, 0) is 194 Å². The molecule has 0 saturated carbocycles. The van der Waals surface area contributed by atoms with Crippen molar-refractivity contribution in [3.8, 4) is 22.3 Å². The van der Waals surface area contributed by atoms with E-state index in [4.69, 9.17) is 0 Å². The van der Waals surface area contributed by atoms with Gasteiger partial charge in [0.05, 0.1) is 10.3 Å². The molecule has 0 atom stereocenters. The Morgan fingerprint density at radius 1 is 0.457 bits per heavy atom. The second-order valence-corrected chi connectivity index (χ2v) is 15.8. The first-order chi connectivity index (χ1) is 21.6. The highest BCUT2D eigenvalue weighted by atomic mass is 32.2. The third kappa shape index (κ3) is 3.56. The van der Waals surface area contributed by atoms with Crippen LogP contribution in [0.4, 0.5) is 0 Å². The van der Waals surface area contributed by atoms with Crippen molar-refractivity contribution >= 4 is 20.6 Å². The van der Waals surface area contributed by atoms with Crippen LogP contribution in [0.3, 0.4) is 0 Å². The van der Waals surface area contributed by atoms with Crippen molar-refractivity contribution in [2.45, 2.75) is 93.4 Å². The molecule has 0 saturated heterocycles. The summed E-state index contributed by atoms with van der Waals surface area (Å²) in [5.41, 5.74) is 22.9. The molecule has 1 aliphatic heterocycles. The van der Waals surface area contributed by atoms with Gasteiger partial charge in [-0.25, -0.2) is 8.42 Å². The molecule has 5 aromatic rings. The van der Waals surface area contributed by atoms with E-state index in [9.17, 15) is 8.42 Å². The lowest BCUT2D eigenvalue weighted by Crippen LogP contribution is -2.35. The SMILES string of the molecule is Cc1c(C)c(C)c2c(c1C)-c1c(C)c(C)c(C)c(C)c1C1(C=CS(=O)(=O)c3c1ccc1ccccc31)c1c(C)c(C)c(C)c(C)c1-2. The molecule has 5 aromatic carbocycles. The molecule has 1 spiro atoms. The number of fused-ring (bicyclic) bond motifs is 11. The first-order valence-electron chi connectivity index (χ1n) is 16.4. The van der Waals surface area contributed by atoms with Crippen LogP contribution in [0.1, 0.15) is 83.5 Å². The van der Waals surface area contributed by atoms with E-state index in [2.05, 4.69) is 101 Å². The zero-order chi connectivity index (χ0) is 33.4. The van der Waals surface area contributed by atoms with Gasteiger partial charge >= 0.3 is 0 Å². The number of sulfone groups is 1. The Kier molecular flexibility index (Phi) is 6.53. The first-order valence-corrected chi connectivity index (χ1v) is 17.9. The van der Waals surface area contributed by atoms with Crippen LogP contribution in [0.5, 0.6) is 0 Å². The van der Waals surface area contributed by atoms with Gasteiger partial charge in [0.1, 0.15) is 0 Å². The minimum Gasteiger partial charge on any atom is -0.219 e. The smallest absolute Gasteiger partial charge is 0.200 e. The topological polar surface area (TPSA) is 34.1 Å². The van der Waals surface area contributed by atoms with Gasteiger partial charge in [0.25, 0.3) is 0 Å². The van der Waals surface area contributed by atoms with Gasteiger partial charge in [0.2, 0.25) is 9.84 Å². The van der Waals surface area contributed by atoms with Crippen LogP contribution in [0.2, 0.25) is 0 Å². The van der Waals surface area contributed by atoms with Crippen molar-refractivity contribution in [2.24, 2.45) is 0 Å². The number of benzene rings is 5. The van der Waals surface area contributed by atoms with Crippen molar-refractivity contribution in [3.63, 3.8) is 0 Å². The van der Waals surface area contributed by atoms with Crippen molar-refractivity contribution in [1.29, 1.82) is 0 Å². The number of hydrogen-bond donors (Lipinski definition) is 0. The second kappa shape index (κ2) is 9.78. The fraction of sp³-hybridized carbons (Fsp3) is 0.302. The number of hydrogen-bond acceptors (Lipinski definition) is 2. The molecule has 0 aromatic heterocycles. The van der Waals surface area contributed by atoms with E-state index in [1.165, 1.54) is 106 Å². The largest absolute Gasteiger partial charge is 0.219 e. The fourth-order valence-corrected chi connectivity index (χ4v) is 10.5. The summed E-state index contributed by atoms with van der Waals surface area (Å²) < 4.78 is 28.6. The summed E-state index contributed by atoms with van der Waals surface area (Å²) in [6, 6.07) is 12.2. The van der Waals surface area contributed by atoms with Crippen LogP contribution in [0, 0.1) is 83.1 Å². The Bertz CT molecular complexity index is 2280. The van der Waals surface area contributed by atoms with Crippen LogP contribution in [0.15, 0.2) is 52.8 Å². The average molecular weight is 625 g/mol. The Morgan fingerprint density at radius 3 is 1.35 bits per heavy atom. The van der Waals surface area contributed by atoms with Gasteiger partial charge in [-0.1, -0.05) is 42.5 Å². The minimum absolute atomic E-state index is 0.433. The van der Waals surface area contributed by atoms with Crippen LogP contribution in [-0.4, -0.2) is 8.42 Å². The number of rotatable bonds is 0. The summed E-state index contributed by atoms with van der Waals surface area (Å²) in [5.74, 6) is 0. The van der Waals surface area contributed by atoms with E-state index in [1.54, 1.807) is 0 Å². The van der Waals surface area contributed by atoms with Gasteiger partial charge in [0.15, 0.2) is 0 Å². The Morgan fingerprint density at radius 2 is 0.870 bits per heavy atom. The molecular formula is C43H44O2S. The van der Waals surface area contributed by atoms with Gasteiger partial charge in [0, 0.05) is 10.8 Å². The summed E-state index contributed by atoms with van der Waals surface area (Å²) in [7, 11) is -3.72. The highest BCUT2D eigenvalue weighted by Gasteiger charge is 2.50. The van der Waals surface area contributed by atoms with E-state index in [0.29, 0.717) is 4.90 Å². The van der Waals surface area contributed by atoms with Crippen LogP contribution < -0.4 is 0 Å². The molecule has 1 aliphatic carbocycles. The summed E-state index contributed by atoms with van der Waals surface area (Å²) in [6.07, 6.45) is 2.05. The number of allylic oxidation sites excluding steroid dienone is 1. The average Bonchev–Trinajstić information content (AvgIpc) is 3.15. The fourth-order valence-electron chi connectivity index (χ4n) is 8.94. The normalized spacial score (nSPS) is 15.4. The quantitative estimate of drug-likeness (QED) is 0.172. The van der Waals surface area contributed by atoms with Crippen LogP contribution >= 0.6 is 0 Å². The lowest BCUT2D eigenvalue weighted by molar-refractivity contribution is 0.598. The summed E-state index contributed by atoms with van der Waals surface area (Å²) in [4.78, 5) is 0.433. The highest BCUT2D eigenvalue weighted by molar-refractivity contribution is 7.94. The predicted octanol–water partition coefficient (Wildman–Crippen LogP) is 10.8. The summed E-state index contributed by atoms with van der Waals surface area (Å²) in [6.45, 7) is 27.1. The molecule has 1 heterocycles. The second-order valence-electron chi connectivity index (χ2n) is 14.1. The van der Waals surface area contributed by atoms with Crippen LogP contribution in [-0.2, 0) is 15.3 Å². The standard InChI is InChI=1S/C43H44O2S/c1-21-22(2)28(8)37-36(27(21)7)38-29(9)23(3)25(5)31(11)40(38)43(41-32(12)26(6)24(4)30(10)39(37)41)19-20-46(44,45)42-34-16-14-13-15-33(34)17-18-35(42)43/h13-20H,1-12H3. The van der Waals surface area contributed by atoms with Gasteiger partial charge in [-0.3, -0.25) is 0 Å². The molecule has 46 heavy (non-hydrogen) atoms. The zero-order valence-corrected chi connectivity index (χ0v) is 30.2. The lowest BCUT2D eigenvalue weighted by atomic mass is 9.62. The summed E-state index contributed by atoms with van der Waals surface area (Å²) in [5, 5.41) is 3.24. The van der Waals surface area contributed by atoms with Gasteiger partial charge < -0.3 is 0 Å². The Hall–Kier alpha value is -3.95. The molecule has 0 unspecified atom stereocenters. The van der Waals surface area contributed by atoms with Crippen molar-refractivity contribution in [3.05, 3.63) is 131 Å². The van der Waals surface area contributed by atoms with Crippen molar-refractivity contribution in [1.82, 2.24) is 0 Å².